The summed E-state index contributed by atoms with van der Waals surface area (Å²) >= 11 is 4.91. The summed E-state index contributed by atoms with van der Waals surface area (Å²) in [5.74, 6) is 0.339. The molecule has 3 aromatic rings. The molecule has 0 spiro atoms. The largest absolute Gasteiger partial charge is 0.404 e. The minimum atomic E-state index is 0.200. The highest BCUT2D eigenvalue weighted by Gasteiger charge is 2.07. The van der Waals surface area contributed by atoms with Gasteiger partial charge in [0.05, 0.1) is 5.69 Å². The summed E-state index contributed by atoms with van der Waals surface area (Å²) in [4.78, 5) is 8.44. The Morgan fingerprint density at radius 1 is 1.14 bits per heavy atom. The second-order valence-electron chi connectivity index (χ2n) is 4.16. The molecule has 2 N–H and O–H groups in total. The number of thiocarbonyl (C=S) groups is 1. The van der Waals surface area contributed by atoms with E-state index >= 15 is 0 Å². The van der Waals surface area contributed by atoms with Gasteiger partial charge in [-0.25, -0.2) is 9.67 Å². The predicted molar refractivity (Wildman–Crippen MR) is 81.6 cm³/mol. The molecule has 104 valence electrons. The Morgan fingerprint density at radius 3 is 2.71 bits per heavy atom. The summed E-state index contributed by atoms with van der Waals surface area (Å²) in [5, 5.41) is 4.23. The lowest BCUT2D eigenvalue weighted by Gasteiger charge is -2.02. The lowest BCUT2D eigenvalue weighted by atomic mass is 10.3. The average Bonchev–Trinajstić information content (AvgIpc) is 2.97. The summed E-state index contributed by atoms with van der Waals surface area (Å²) < 4.78 is 7.12. The number of aromatic nitrogens is 4. The second kappa shape index (κ2) is 5.68. The van der Waals surface area contributed by atoms with Crippen LogP contribution in [0, 0.1) is 0 Å². The number of rotatable bonds is 4. The fourth-order valence-corrected chi connectivity index (χ4v) is 1.84. The van der Waals surface area contributed by atoms with Gasteiger partial charge in [0, 0.05) is 17.8 Å². The number of hydrogen-bond acceptors (Lipinski definition) is 5. The van der Waals surface area contributed by atoms with Gasteiger partial charge in [-0.1, -0.05) is 30.4 Å². The van der Waals surface area contributed by atoms with Crippen LogP contribution >= 0.6 is 12.2 Å². The Morgan fingerprint density at radius 2 is 1.95 bits per heavy atom. The summed E-state index contributed by atoms with van der Waals surface area (Å²) in [7, 11) is 0. The van der Waals surface area contributed by atoms with Crippen LogP contribution < -0.4 is 10.5 Å². The van der Waals surface area contributed by atoms with Crippen molar-refractivity contribution in [2.75, 3.05) is 0 Å². The van der Waals surface area contributed by atoms with Gasteiger partial charge in [-0.3, -0.25) is 0 Å². The maximum Gasteiger partial charge on any atom is 0.342 e. The molecule has 0 atom stereocenters. The van der Waals surface area contributed by atoms with E-state index in [-0.39, 0.29) is 11.0 Å². The molecule has 0 saturated carbocycles. The molecule has 0 radical (unpaired) electrons. The lowest BCUT2D eigenvalue weighted by molar-refractivity contribution is 0.424. The van der Waals surface area contributed by atoms with E-state index in [1.54, 1.807) is 29.3 Å². The molecule has 0 bridgehead atoms. The van der Waals surface area contributed by atoms with Crippen molar-refractivity contribution in [1.29, 1.82) is 0 Å². The van der Waals surface area contributed by atoms with Gasteiger partial charge in [-0.15, -0.1) is 5.10 Å². The zero-order valence-electron chi connectivity index (χ0n) is 10.9. The van der Waals surface area contributed by atoms with E-state index in [4.69, 9.17) is 22.7 Å². The highest BCUT2D eigenvalue weighted by molar-refractivity contribution is 7.80. The van der Waals surface area contributed by atoms with Crippen molar-refractivity contribution in [1.82, 2.24) is 19.7 Å². The Labute approximate surface area is 126 Å². The Balaban J connectivity index is 1.82. The molecule has 0 amide bonds. The van der Waals surface area contributed by atoms with Crippen LogP contribution in [-0.2, 0) is 0 Å². The molecule has 0 aliphatic carbocycles. The Kier molecular flexibility index (Phi) is 3.57. The van der Waals surface area contributed by atoms with Crippen molar-refractivity contribution in [3.05, 3.63) is 60.6 Å². The van der Waals surface area contributed by atoms with Crippen molar-refractivity contribution in [3.8, 4) is 17.6 Å². The first kappa shape index (κ1) is 13.2. The van der Waals surface area contributed by atoms with Crippen LogP contribution in [0.25, 0.3) is 5.69 Å². The van der Waals surface area contributed by atoms with Gasteiger partial charge in [-0.05, 0) is 18.2 Å². The first-order chi connectivity index (χ1) is 10.2. The minimum absolute atomic E-state index is 0.200. The molecule has 0 fully saturated rings. The van der Waals surface area contributed by atoms with Crippen LogP contribution in [0.2, 0.25) is 0 Å². The number of ether oxygens (including phenoxy) is 1. The summed E-state index contributed by atoms with van der Waals surface area (Å²) in [6.45, 7) is 0. The van der Waals surface area contributed by atoms with Gasteiger partial charge in [0.15, 0.2) is 0 Å². The monoisotopic (exact) mass is 297 g/mol. The molecule has 21 heavy (non-hydrogen) atoms. The zero-order chi connectivity index (χ0) is 14.7. The third-order valence-corrected chi connectivity index (χ3v) is 2.94. The number of pyridine rings is 1. The van der Waals surface area contributed by atoms with Gasteiger partial charge in [0.25, 0.3) is 0 Å². The quantitative estimate of drug-likeness (QED) is 0.743. The first-order valence-electron chi connectivity index (χ1n) is 6.13. The molecule has 0 saturated heterocycles. The van der Waals surface area contributed by atoms with Crippen LogP contribution in [0.4, 0.5) is 0 Å². The molecule has 1 aromatic carbocycles. The first-order valence-corrected chi connectivity index (χ1v) is 6.54. The van der Waals surface area contributed by atoms with E-state index < -0.39 is 0 Å². The maximum atomic E-state index is 5.57. The van der Waals surface area contributed by atoms with E-state index in [1.807, 2.05) is 30.3 Å². The van der Waals surface area contributed by atoms with Crippen LogP contribution in [0.1, 0.15) is 5.56 Å². The smallest absolute Gasteiger partial charge is 0.342 e. The number of para-hydroxylation sites is 1. The van der Waals surface area contributed by atoms with Gasteiger partial charge in [-0.2, -0.15) is 4.98 Å². The van der Waals surface area contributed by atoms with Crippen molar-refractivity contribution in [2.24, 2.45) is 5.73 Å². The third-order valence-electron chi connectivity index (χ3n) is 2.71. The van der Waals surface area contributed by atoms with E-state index in [1.165, 1.54) is 0 Å². The minimum Gasteiger partial charge on any atom is -0.404 e. The zero-order valence-corrected chi connectivity index (χ0v) is 11.7. The topological polar surface area (TPSA) is 78.9 Å². The van der Waals surface area contributed by atoms with E-state index in [9.17, 15) is 0 Å². The van der Waals surface area contributed by atoms with Crippen molar-refractivity contribution in [2.45, 2.75) is 0 Å². The van der Waals surface area contributed by atoms with Crippen LogP contribution in [0.3, 0.4) is 0 Å². The fourth-order valence-electron chi connectivity index (χ4n) is 1.71. The van der Waals surface area contributed by atoms with Crippen LogP contribution in [-0.4, -0.2) is 24.7 Å². The van der Waals surface area contributed by atoms with Crippen molar-refractivity contribution in [3.63, 3.8) is 0 Å². The SMILES string of the molecule is NC(=S)c1ccnc(Oc2ncn(-c3ccccc3)n2)c1. The van der Waals surface area contributed by atoms with E-state index in [0.717, 1.165) is 5.69 Å². The lowest BCUT2D eigenvalue weighted by Crippen LogP contribution is -2.09. The Hall–Kier alpha value is -2.80. The summed E-state index contributed by atoms with van der Waals surface area (Å²) in [5.41, 5.74) is 7.14. The highest BCUT2D eigenvalue weighted by Crippen LogP contribution is 2.17. The number of nitrogens with zero attached hydrogens (tertiary/aromatic N) is 4. The molecule has 0 unspecified atom stereocenters. The second-order valence-corrected chi connectivity index (χ2v) is 4.60. The third kappa shape index (κ3) is 3.03. The van der Waals surface area contributed by atoms with E-state index in [0.29, 0.717) is 11.4 Å². The van der Waals surface area contributed by atoms with Gasteiger partial charge in [0.1, 0.15) is 11.3 Å². The number of hydrogen-bond donors (Lipinski definition) is 1. The molecule has 0 aliphatic rings. The molecular formula is C14H11N5OS. The van der Waals surface area contributed by atoms with Gasteiger partial charge >= 0.3 is 6.01 Å². The fraction of sp³-hybridized carbons (Fsp3) is 0. The molecule has 0 aliphatic heterocycles. The van der Waals surface area contributed by atoms with Crippen molar-refractivity contribution >= 4 is 17.2 Å². The molecule has 3 rings (SSSR count). The maximum absolute atomic E-state index is 5.57. The number of benzene rings is 1. The standard InChI is InChI=1S/C14H11N5OS/c15-13(21)10-6-7-16-12(8-10)20-14-17-9-19(18-14)11-4-2-1-3-5-11/h1-9H,(H2,15,21). The normalized spacial score (nSPS) is 10.3. The summed E-state index contributed by atoms with van der Waals surface area (Å²) in [6.07, 6.45) is 3.14. The van der Waals surface area contributed by atoms with Gasteiger partial charge in [0.2, 0.25) is 5.88 Å². The molecule has 7 heteroatoms. The Bertz CT molecular complexity index is 772. The summed E-state index contributed by atoms with van der Waals surface area (Å²) in [6, 6.07) is 13.2. The highest BCUT2D eigenvalue weighted by atomic mass is 32.1. The average molecular weight is 297 g/mol. The van der Waals surface area contributed by atoms with Crippen LogP contribution in [0.5, 0.6) is 11.9 Å². The molecule has 6 nitrogen and oxygen atoms in total. The van der Waals surface area contributed by atoms with Crippen molar-refractivity contribution < 1.29 is 4.74 Å². The predicted octanol–water partition coefficient (Wildman–Crippen LogP) is 2.09. The van der Waals surface area contributed by atoms with Crippen LogP contribution in [0.15, 0.2) is 55.0 Å². The van der Waals surface area contributed by atoms with E-state index in [2.05, 4.69) is 15.1 Å². The molecular weight excluding hydrogens is 286 g/mol. The van der Waals surface area contributed by atoms with Gasteiger partial charge < -0.3 is 10.5 Å². The number of nitrogens with two attached hydrogens (primary N) is 1. The molecule has 2 heterocycles. The molecule has 2 aromatic heterocycles.